The molecule has 0 atom stereocenters. The number of hydrogen-bond acceptors (Lipinski definition) is 3. The summed E-state index contributed by atoms with van der Waals surface area (Å²) in [5.41, 5.74) is 0.794. The molecule has 1 rings (SSSR count). The molecule has 1 aromatic carbocycles. The van der Waals surface area contributed by atoms with E-state index in [0.29, 0.717) is 6.54 Å². The van der Waals surface area contributed by atoms with Crippen LogP contribution in [0.25, 0.3) is 0 Å². The number of nitrogens with one attached hydrogen (secondary N) is 1. The van der Waals surface area contributed by atoms with Crippen molar-refractivity contribution in [3.63, 3.8) is 0 Å². The first-order valence-electron chi connectivity index (χ1n) is 5.85. The summed E-state index contributed by atoms with van der Waals surface area (Å²) in [6.45, 7) is 6.28. The number of carbonyl (C=O) groups excluding carboxylic acids is 1. The van der Waals surface area contributed by atoms with E-state index in [1.54, 1.807) is 7.11 Å². The van der Waals surface area contributed by atoms with Gasteiger partial charge in [0.05, 0.1) is 13.7 Å². The zero-order chi connectivity index (χ0) is 12.7. The number of benzene rings is 1. The van der Waals surface area contributed by atoms with Crippen molar-refractivity contribution in [3.8, 4) is 5.75 Å². The first kappa shape index (κ1) is 16.7. The van der Waals surface area contributed by atoms with Crippen molar-refractivity contribution in [1.82, 2.24) is 4.90 Å². The van der Waals surface area contributed by atoms with Crippen LogP contribution < -0.4 is 10.1 Å². The van der Waals surface area contributed by atoms with Crippen molar-refractivity contribution in [2.75, 3.05) is 32.1 Å². The Bertz CT molecular complexity index is 351. The summed E-state index contributed by atoms with van der Waals surface area (Å²) in [7, 11) is 1.62. The van der Waals surface area contributed by atoms with Gasteiger partial charge in [0.2, 0.25) is 5.91 Å². The highest BCUT2D eigenvalue weighted by Crippen LogP contribution is 2.14. The van der Waals surface area contributed by atoms with E-state index in [1.807, 2.05) is 38.1 Å². The maximum atomic E-state index is 11.7. The highest BCUT2D eigenvalue weighted by Gasteiger charge is 2.07. The number of carbonyl (C=O) groups is 1. The smallest absolute Gasteiger partial charge is 0.238 e. The molecule has 0 aromatic heterocycles. The van der Waals surface area contributed by atoms with Crippen LogP contribution in [0.4, 0.5) is 5.69 Å². The maximum absolute atomic E-state index is 11.7. The Kier molecular flexibility index (Phi) is 8.16. The molecule has 0 aliphatic carbocycles. The molecule has 0 heterocycles. The van der Waals surface area contributed by atoms with Gasteiger partial charge in [0, 0.05) is 5.69 Å². The molecular formula is C13H21ClN2O2. The molecule has 1 amide bonds. The standard InChI is InChI=1S/C13H20N2O2.ClH/c1-4-15(5-2)10-13(16)14-11-6-8-12(17-3)9-7-11;/h6-9H,4-5,10H2,1-3H3,(H,14,16);1H. The molecule has 0 saturated heterocycles. The lowest BCUT2D eigenvalue weighted by Gasteiger charge is -2.17. The van der Waals surface area contributed by atoms with Gasteiger partial charge in [-0.05, 0) is 37.4 Å². The van der Waals surface area contributed by atoms with Crippen LogP contribution in [0.2, 0.25) is 0 Å². The van der Waals surface area contributed by atoms with Crippen LogP contribution in [-0.2, 0) is 4.79 Å². The highest BCUT2D eigenvalue weighted by atomic mass is 35.5. The van der Waals surface area contributed by atoms with Crippen LogP contribution >= 0.6 is 12.4 Å². The van der Waals surface area contributed by atoms with Crippen molar-refractivity contribution in [2.45, 2.75) is 13.8 Å². The van der Waals surface area contributed by atoms with E-state index in [0.717, 1.165) is 24.5 Å². The molecule has 5 heteroatoms. The lowest BCUT2D eigenvalue weighted by atomic mass is 10.3. The SMILES string of the molecule is CCN(CC)CC(=O)Nc1ccc(OC)cc1.Cl. The molecular weight excluding hydrogens is 252 g/mol. The summed E-state index contributed by atoms with van der Waals surface area (Å²) in [4.78, 5) is 13.8. The normalized spacial score (nSPS) is 9.78. The van der Waals surface area contributed by atoms with E-state index in [1.165, 1.54) is 0 Å². The fourth-order valence-electron chi connectivity index (χ4n) is 1.53. The molecule has 18 heavy (non-hydrogen) atoms. The monoisotopic (exact) mass is 272 g/mol. The van der Waals surface area contributed by atoms with Crippen LogP contribution in [-0.4, -0.2) is 37.6 Å². The average molecular weight is 273 g/mol. The van der Waals surface area contributed by atoms with Gasteiger partial charge in [-0.3, -0.25) is 9.69 Å². The Hall–Kier alpha value is -1.26. The third kappa shape index (κ3) is 5.38. The van der Waals surface area contributed by atoms with E-state index in [9.17, 15) is 4.79 Å². The van der Waals surface area contributed by atoms with Crippen molar-refractivity contribution < 1.29 is 9.53 Å². The summed E-state index contributed by atoms with van der Waals surface area (Å²) >= 11 is 0. The lowest BCUT2D eigenvalue weighted by Crippen LogP contribution is -2.32. The second kappa shape index (κ2) is 8.78. The summed E-state index contributed by atoms with van der Waals surface area (Å²) in [5.74, 6) is 0.797. The highest BCUT2D eigenvalue weighted by molar-refractivity contribution is 5.92. The first-order chi connectivity index (χ1) is 8.19. The predicted molar refractivity (Wildman–Crippen MR) is 76.7 cm³/mol. The Labute approximate surface area is 115 Å². The summed E-state index contributed by atoms with van der Waals surface area (Å²) in [6.07, 6.45) is 0. The van der Waals surface area contributed by atoms with Crippen molar-refractivity contribution in [3.05, 3.63) is 24.3 Å². The van der Waals surface area contributed by atoms with Crippen molar-refractivity contribution in [1.29, 1.82) is 0 Å². The molecule has 1 aromatic rings. The molecule has 0 unspecified atom stereocenters. The van der Waals surface area contributed by atoms with Gasteiger partial charge in [-0.15, -0.1) is 12.4 Å². The average Bonchev–Trinajstić information content (AvgIpc) is 2.37. The van der Waals surface area contributed by atoms with Crippen molar-refractivity contribution in [2.24, 2.45) is 0 Å². The Morgan fingerprint density at radius 1 is 1.22 bits per heavy atom. The number of ether oxygens (including phenoxy) is 1. The molecule has 102 valence electrons. The van der Waals surface area contributed by atoms with E-state index < -0.39 is 0 Å². The molecule has 0 radical (unpaired) electrons. The predicted octanol–water partition coefficient (Wildman–Crippen LogP) is 2.40. The molecule has 0 fully saturated rings. The van der Waals surface area contributed by atoms with Gasteiger partial charge in [-0.2, -0.15) is 0 Å². The Morgan fingerprint density at radius 3 is 2.22 bits per heavy atom. The van der Waals surface area contributed by atoms with E-state index in [2.05, 4.69) is 10.2 Å². The van der Waals surface area contributed by atoms with E-state index in [-0.39, 0.29) is 18.3 Å². The number of hydrogen-bond donors (Lipinski definition) is 1. The maximum Gasteiger partial charge on any atom is 0.238 e. The Morgan fingerprint density at radius 2 is 1.78 bits per heavy atom. The number of likely N-dealkylation sites (N-methyl/N-ethyl adjacent to an activating group) is 1. The van der Waals surface area contributed by atoms with Crippen LogP contribution in [0, 0.1) is 0 Å². The third-order valence-corrected chi connectivity index (χ3v) is 2.64. The third-order valence-electron chi connectivity index (χ3n) is 2.64. The minimum Gasteiger partial charge on any atom is -0.497 e. The van der Waals surface area contributed by atoms with E-state index >= 15 is 0 Å². The number of anilines is 1. The van der Waals surface area contributed by atoms with Crippen LogP contribution in [0.15, 0.2) is 24.3 Å². The minimum atomic E-state index is 0. The topological polar surface area (TPSA) is 41.6 Å². The second-order valence-electron chi connectivity index (χ2n) is 3.74. The lowest BCUT2D eigenvalue weighted by molar-refractivity contribution is -0.117. The van der Waals surface area contributed by atoms with Crippen molar-refractivity contribution >= 4 is 24.0 Å². The summed E-state index contributed by atoms with van der Waals surface area (Å²) in [6, 6.07) is 7.32. The molecule has 1 N–H and O–H groups in total. The van der Waals surface area contributed by atoms with Crippen LogP contribution in [0.1, 0.15) is 13.8 Å². The van der Waals surface area contributed by atoms with Gasteiger partial charge in [-0.25, -0.2) is 0 Å². The zero-order valence-corrected chi connectivity index (χ0v) is 11.9. The number of methoxy groups -OCH3 is 1. The minimum absolute atomic E-state index is 0. The second-order valence-corrected chi connectivity index (χ2v) is 3.74. The largest absolute Gasteiger partial charge is 0.497 e. The number of amides is 1. The van der Waals surface area contributed by atoms with Crippen LogP contribution in [0.3, 0.4) is 0 Å². The number of nitrogens with zero attached hydrogens (tertiary/aromatic N) is 1. The molecule has 4 nitrogen and oxygen atoms in total. The van der Waals surface area contributed by atoms with Gasteiger partial charge >= 0.3 is 0 Å². The van der Waals surface area contributed by atoms with Gasteiger partial charge in [0.15, 0.2) is 0 Å². The van der Waals surface area contributed by atoms with Gasteiger partial charge in [0.25, 0.3) is 0 Å². The van der Waals surface area contributed by atoms with Gasteiger partial charge < -0.3 is 10.1 Å². The Balaban J connectivity index is 0.00000289. The molecule has 0 aliphatic heterocycles. The van der Waals surface area contributed by atoms with Crippen LogP contribution in [0.5, 0.6) is 5.75 Å². The molecule has 0 spiro atoms. The fraction of sp³-hybridized carbons (Fsp3) is 0.462. The number of halogens is 1. The molecule has 0 saturated carbocycles. The quantitative estimate of drug-likeness (QED) is 0.865. The van der Waals surface area contributed by atoms with Gasteiger partial charge in [0.1, 0.15) is 5.75 Å². The summed E-state index contributed by atoms with van der Waals surface area (Å²) < 4.78 is 5.05. The molecule has 0 bridgehead atoms. The number of rotatable bonds is 6. The van der Waals surface area contributed by atoms with E-state index in [4.69, 9.17) is 4.74 Å². The summed E-state index contributed by atoms with van der Waals surface area (Å²) in [5, 5.41) is 2.86. The van der Waals surface area contributed by atoms with Gasteiger partial charge in [-0.1, -0.05) is 13.8 Å². The zero-order valence-electron chi connectivity index (χ0n) is 11.1. The first-order valence-corrected chi connectivity index (χ1v) is 5.85. The fourth-order valence-corrected chi connectivity index (χ4v) is 1.53. The molecule has 0 aliphatic rings.